The van der Waals surface area contributed by atoms with Gasteiger partial charge in [0, 0.05) is 18.1 Å². The number of carbonyl (C=O) groups is 1. The van der Waals surface area contributed by atoms with Crippen LogP contribution in [0.2, 0.25) is 0 Å². The van der Waals surface area contributed by atoms with Gasteiger partial charge >= 0.3 is 5.97 Å². The predicted octanol–water partition coefficient (Wildman–Crippen LogP) is 2.63. The molecule has 0 radical (unpaired) electrons. The van der Waals surface area contributed by atoms with Crippen molar-refractivity contribution in [1.29, 1.82) is 0 Å². The molecule has 2 aromatic heterocycles. The first-order valence-electron chi connectivity index (χ1n) is 7.84. The summed E-state index contributed by atoms with van der Waals surface area (Å²) in [6.45, 7) is 0.570. The molecule has 2 aromatic rings. The highest BCUT2D eigenvalue weighted by Gasteiger charge is 2.26. The molecule has 0 saturated carbocycles. The van der Waals surface area contributed by atoms with Gasteiger partial charge in [0.1, 0.15) is 5.00 Å². The maximum atomic E-state index is 12.2. The van der Waals surface area contributed by atoms with Crippen molar-refractivity contribution in [1.82, 2.24) is 15.1 Å². The number of aryl methyl sites for hydroxylation is 2. The molecular weight excluding hydrogens is 344 g/mol. The number of ether oxygens (including phenoxy) is 1. The number of hydrogen-bond donors (Lipinski definition) is 2. The first kappa shape index (κ1) is 16.9. The Morgan fingerprint density at radius 1 is 1.46 bits per heavy atom. The van der Waals surface area contributed by atoms with Gasteiger partial charge in [-0.25, -0.2) is 4.79 Å². The Bertz CT molecular complexity index is 766. The van der Waals surface area contributed by atoms with Crippen LogP contribution in [-0.4, -0.2) is 28.0 Å². The highest BCUT2D eigenvalue weighted by molar-refractivity contribution is 7.80. The van der Waals surface area contributed by atoms with E-state index in [4.69, 9.17) is 17.0 Å². The molecule has 0 aliphatic heterocycles. The molecule has 6 nitrogen and oxygen atoms in total. The number of anilines is 1. The molecule has 0 atom stereocenters. The highest BCUT2D eigenvalue weighted by Crippen LogP contribution is 2.38. The normalized spacial score (nSPS) is 13.2. The van der Waals surface area contributed by atoms with E-state index in [-0.39, 0.29) is 5.97 Å². The third-order valence-corrected chi connectivity index (χ3v) is 5.59. The van der Waals surface area contributed by atoms with E-state index >= 15 is 0 Å². The molecule has 8 heteroatoms. The maximum absolute atomic E-state index is 12.2. The molecule has 0 fully saturated rings. The summed E-state index contributed by atoms with van der Waals surface area (Å²) in [5.74, 6) is -0.300. The van der Waals surface area contributed by atoms with Gasteiger partial charge in [-0.15, -0.1) is 11.3 Å². The fourth-order valence-electron chi connectivity index (χ4n) is 2.86. The molecule has 0 aromatic carbocycles. The van der Waals surface area contributed by atoms with E-state index in [1.807, 2.05) is 13.1 Å². The second-order valence-electron chi connectivity index (χ2n) is 5.66. The zero-order valence-corrected chi connectivity index (χ0v) is 15.4. The maximum Gasteiger partial charge on any atom is 0.341 e. The van der Waals surface area contributed by atoms with Gasteiger partial charge in [0.25, 0.3) is 0 Å². The molecule has 0 saturated heterocycles. The number of thiophene rings is 1. The van der Waals surface area contributed by atoms with E-state index < -0.39 is 0 Å². The van der Waals surface area contributed by atoms with Crippen LogP contribution >= 0.6 is 23.6 Å². The summed E-state index contributed by atoms with van der Waals surface area (Å²) < 4.78 is 6.76. The Morgan fingerprint density at radius 3 is 2.96 bits per heavy atom. The van der Waals surface area contributed by atoms with E-state index in [1.165, 1.54) is 12.0 Å². The van der Waals surface area contributed by atoms with Crippen LogP contribution in [0.3, 0.4) is 0 Å². The SMILES string of the molecule is COC(=O)c1c(NC(=S)NCc2ccnn2C)sc2c1CCCC2. The van der Waals surface area contributed by atoms with Crippen molar-refractivity contribution in [3.05, 3.63) is 34.0 Å². The standard InChI is InChI=1S/C16H20N4O2S2/c1-20-10(7-8-18-20)9-17-16(23)19-14-13(15(21)22-2)11-5-3-4-6-12(11)24-14/h7-8H,3-6,9H2,1-2H3,(H2,17,19,23). The number of rotatable bonds is 4. The van der Waals surface area contributed by atoms with Gasteiger partial charge in [0.15, 0.2) is 5.11 Å². The van der Waals surface area contributed by atoms with Crippen molar-refractivity contribution < 1.29 is 9.53 Å². The van der Waals surface area contributed by atoms with Gasteiger partial charge in [-0.05, 0) is 49.5 Å². The van der Waals surface area contributed by atoms with Crippen molar-refractivity contribution in [2.45, 2.75) is 32.2 Å². The lowest BCUT2D eigenvalue weighted by molar-refractivity contribution is 0.0601. The smallest absolute Gasteiger partial charge is 0.341 e. The topological polar surface area (TPSA) is 68.2 Å². The lowest BCUT2D eigenvalue weighted by Crippen LogP contribution is -2.29. The summed E-state index contributed by atoms with van der Waals surface area (Å²) in [4.78, 5) is 13.5. The number of hydrogen-bond acceptors (Lipinski definition) is 5. The van der Waals surface area contributed by atoms with E-state index in [2.05, 4.69) is 15.7 Å². The minimum Gasteiger partial charge on any atom is -0.465 e. The van der Waals surface area contributed by atoms with Gasteiger partial charge in [-0.3, -0.25) is 4.68 Å². The number of methoxy groups -OCH3 is 1. The third kappa shape index (κ3) is 3.44. The van der Waals surface area contributed by atoms with Gasteiger partial charge in [-0.2, -0.15) is 5.10 Å². The molecule has 1 aliphatic rings. The van der Waals surface area contributed by atoms with Crippen LogP contribution in [0.1, 0.15) is 39.3 Å². The molecule has 1 aliphatic carbocycles. The summed E-state index contributed by atoms with van der Waals surface area (Å²) in [7, 11) is 3.30. The van der Waals surface area contributed by atoms with Crippen LogP contribution in [0.25, 0.3) is 0 Å². The highest BCUT2D eigenvalue weighted by atomic mass is 32.1. The van der Waals surface area contributed by atoms with E-state index in [0.29, 0.717) is 17.2 Å². The number of thiocarbonyl (C=S) groups is 1. The third-order valence-electron chi connectivity index (χ3n) is 4.14. The fourth-order valence-corrected chi connectivity index (χ4v) is 4.39. The number of nitrogens with zero attached hydrogens (tertiary/aromatic N) is 2. The fraction of sp³-hybridized carbons (Fsp3) is 0.438. The minimum absolute atomic E-state index is 0.300. The zero-order chi connectivity index (χ0) is 17.1. The first-order chi connectivity index (χ1) is 11.6. The molecule has 2 heterocycles. The Labute approximate surface area is 150 Å². The van der Waals surface area contributed by atoms with Crippen LogP contribution < -0.4 is 10.6 Å². The van der Waals surface area contributed by atoms with Gasteiger partial charge in [0.05, 0.1) is 24.9 Å². The lowest BCUT2D eigenvalue weighted by atomic mass is 9.95. The predicted molar refractivity (Wildman–Crippen MR) is 98.6 cm³/mol. The summed E-state index contributed by atoms with van der Waals surface area (Å²) in [5, 5.41) is 11.7. The van der Waals surface area contributed by atoms with E-state index in [0.717, 1.165) is 41.9 Å². The average Bonchev–Trinajstić information content (AvgIpc) is 3.15. The second-order valence-corrected chi connectivity index (χ2v) is 7.17. The lowest BCUT2D eigenvalue weighted by Gasteiger charge is -2.12. The molecule has 0 spiro atoms. The van der Waals surface area contributed by atoms with Crippen LogP contribution in [0, 0.1) is 0 Å². The molecule has 0 amide bonds. The Balaban J connectivity index is 1.74. The van der Waals surface area contributed by atoms with Gasteiger partial charge in [-0.1, -0.05) is 0 Å². The number of nitrogens with one attached hydrogen (secondary N) is 2. The van der Waals surface area contributed by atoms with Gasteiger partial charge < -0.3 is 15.4 Å². The summed E-state index contributed by atoms with van der Waals surface area (Å²) in [5.41, 5.74) is 2.79. The Hall–Kier alpha value is -1.93. The molecule has 24 heavy (non-hydrogen) atoms. The Morgan fingerprint density at radius 2 is 2.25 bits per heavy atom. The molecule has 128 valence electrons. The van der Waals surface area contributed by atoms with Crippen molar-refractivity contribution in [3.8, 4) is 0 Å². The number of esters is 1. The monoisotopic (exact) mass is 364 g/mol. The molecular formula is C16H20N4O2S2. The summed E-state index contributed by atoms with van der Waals surface area (Å²) in [6.07, 6.45) is 5.96. The van der Waals surface area contributed by atoms with Crippen LogP contribution in [0.4, 0.5) is 5.00 Å². The summed E-state index contributed by atoms with van der Waals surface area (Å²) >= 11 is 6.98. The quantitative estimate of drug-likeness (QED) is 0.642. The average molecular weight is 364 g/mol. The van der Waals surface area contributed by atoms with Crippen molar-refractivity contribution in [3.63, 3.8) is 0 Å². The molecule has 3 rings (SSSR count). The molecule has 2 N–H and O–H groups in total. The van der Waals surface area contributed by atoms with E-state index in [1.54, 1.807) is 22.2 Å². The van der Waals surface area contributed by atoms with Gasteiger partial charge in [0.2, 0.25) is 0 Å². The van der Waals surface area contributed by atoms with Crippen molar-refractivity contribution >= 4 is 39.6 Å². The largest absolute Gasteiger partial charge is 0.465 e. The Kier molecular flexibility index (Phi) is 5.15. The zero-order valence-electron chi connectivity index (χ0n) is 13.7. The molecule has 0 unspecified atom stereocenters. The number of carbonyl (C=O) groups excluding carboxylic acids is 1. The number of fused-ring (bicyclic) bond motifs is 1. The van der Waals surface area contributed by atoms with Crippen molar-refractivity contribution in [2.75, 3.05) is 12.4 Å². The van der Waals surface area contributed by atoms with Crippen molar-refractivity contribution in [2.24, 2.45) is 7.05 Å². The number of aromatic nitrogens is 2. The first-order valence-corrected chi connectivity index (χ1v) is 9.07. The minimum atomic E-state index is -0.300. The van der Waals surface area contributed by atoms with E-state index in [9.17, 15) is 4.79 Å². The van der Waals surface area contributed by atoms with Crippen LogP contribution in [0.5, 0.6) is 0 Å². The second kappa shape index (κ2) is 7.31. The van der Waals surface area contributed by atoms with Crippen LogP contribution in [0.15, 0.2) is 12.3 Å². The summed E-state index contributed by atoms with van der Waals surface area (Å²) in [6, 6.07) is 1.93. The van der Waals surface area contributed by atoms with Crippen LogP contribution in [-0.2, 0) is 31.2 Å². The molecule has 0 bridgehead atoms.